The molecule has 2 rings (SSSR count). The Bertz CT molecular complexity index is 683. The number of hydrogen-bond acceptors (Lipinski definition) is 3. The van der Waals surface area contributed by atoms with Crippen LogP contribution in [-0.2, 0) is 13.2 Å². The Balaban J connectivity index is 0.00000288. The van der Waals surface area contributed by atoms with Crippen LogP contribution < -0.4 is 14.8 Å². The first kappa shape index (κ1) is 21.4. The van der Waals surface area contributed by atoms with Gasteiger partial charge in [-0.05, 0) is 43.8 Å². The van der Waals surface area contributed by atoms with E-state index in [4.69, 9.17) is 32.7 Å². The predicted molar refractivity (Wildman–Crippen MR) is 106 cm³/mol. The molecule has 0 amide bonds. The summed E-state index contributed by atoms with van der Waals surface area (Å²) in [5, 5.41) is 4.32. The number of benzene rings is 2. The van der Waals surface area contributed by atoms with Crippen molar-refractivity contribution in [2.75, 3.05) is 13.7 Å². The van der Waals surface area contributed by atoms with Crippen LogP contribution in [-0.4, -0.2) is 13.7 Å². The first-order valence-electron chi connectivity index (χ1n) is 7.21. The molecule has 0 saturated heterocycles. The van der Waals surface area contributed by atoms with Crippen LogP contribution in [0.25, 0.3) is 0 Å². The molecule has 1 N–H and O–H groups in total. The molecule has 132 valence electrons. The van der Waals surface area contributed by atoms with Gasteiger partial charge < -0.3 is 14.8 Å². The van der Waals surface area contributed by atoms with E-state index in [1.54, 1.807) is 12.1 Å². The Hall–Kier alpha value is -0.650. The van der Waals surface area contributed by atoms with Crippen molar-refractivity contribution in [3.8, 4) is 11.5 Å². The van der Waals surface area contributed by atoms with Gasteiger partial charge in [0, 0.05) is 26.6 Å². The molecular weight excluding hydrogens is 436 g/mol. The highest BCUT2D eigenvalue weighted by Gasteiger charge is 2.12. The third kappa shape index (κ3) is 5.71. The van der Waals surface area contributed by atoms with Gasteiger partial charge in [-0.3, -0.25) is 0 Å². The van der Waals surface area contributed by atoms with E-state index in [1.807, 2.05) is 32.2 Å². The molecule has 0 unspecified atom stereocenters. The average Bonchev–Trinajstić information content (AvgIpc) is 2.50. The van der Waals surface area contributed by atoms with E-state index in [0.717, 1.165) is 22.1 Å². The van der Waals surface area contributed by atoms with E-state index in [-0.39, 0.29) is 12.4 Å². The van der Waals surface area contributed by atoms with Crippen LogP contribution in [0.15, 0.2) is 34.8 Å². The molecule has 7 heteroatoms. The zero-order chi connectivity index (χ0) is 16.8. The van der Waals surface area contributed by atoms with Crippen molar-refractivity contribution in [2.45, 2.75) is 20.1 Å². The van der Waals surface area contributed by atoms with Crippen molar-refractivity contribution >= 4 is 51.5 Å². The molecule has 0 saturated carbocycles. The van der Waals surface area contributed by atoms with Crippen molar-refractivity contribution in [2.24, 2.45) is 0 Å². The summed E-state index contributed by atoms with van der Waals surface area (Å²) in [6.07, 6.45) is 0. The molecular formula is C17H19BrCl3NO2. The smallest absolute Gasteiger partial charge is 0.162 e. The first-order chi connectivity index (χ1) is 11.0. The summed E-state index contributed by atoms with van der Waals surface area (Å²) < 4.78 is 12.6. The van der Waals surface area contributed by atoms with Crippen LogP contribution in [0, 0.1) is 0 Å². The number of halogens is 4. The lowest BCUT2D eigenvalue weighted by Crippen LogP contribution is -2.07. The van der Waals surface area contributed by atoms with Crippen molar-refractivity contribution < 1.29 is 9.47 Å². The second-order valence-electron chi connectivity index (χ2n) is 4.88. The SMILES string of the molecule is CCOc1cc(CNC)c(Br)cc1OCc1ccc(Cl)cc1Cl.Cl. The van der Waals surface area contributed by atoms with Crippen LogP contribution in [0.4, 0.5) is 0 Å². The van der Waals surface area contributed by atoms with Crippen molar-refractivity contribution in [1.82, 2.24) is 5.32 Å². The molecule has 0 aliphatic carbocycles. The van der Waals surface area contributed by atoms with E-state index in [9.17, 15) is 0 Å². The van der Waals surface area contributed by atoms with Gasteiger partial charge in [0.2, 0.25) is 0 Å². The quantitative estimate of drug-likeness (QED) is 0.566. The average molecular weight is 456 g/mol. The topological polar surface area (TPSA) is 30.5 Å². The second-order valence-corrected chi connectivity index (χ2v) is 6.58. The lowest BCUT2D eigenvalue weighted by Gasteiger charge is -2.15. The molecule has 2 aromatic carbocycles. The Labute approximate surface area is 167 Å². The van der Waals surface area contributed by atoms with Gasteiger partial charge in [-0.15, -0.1) is 12.4 Å². The fourth-order valence-electron chi connectivity index (χ4n) is 2.08. The molecule has 24 heavy (non-hydrogen) atoms. The van der Waals surface area contributed by atoms with Gasteiger partial charge in [0.15, 0.2) is 11.5 Å². The van der Waals surface area contributed by atoms with E-state index in [0.29, 0.717) is 34.8 Å². The van der Waals surface area contributed by atoms with Gasteiger partial charge in [-0.1, -0.05) is 45.2 Å². The highest BCUT2D eigenvalue weighted by Crippen LogP contribution is 2.35. The predicted octanol–water partition coefficient (Wildman–Crippen LogP) is 5.87. The number of hydrogen-bond donors (Lipinski definition) is 1. The number of rotatable bonds is 7. The van der Waals surface area contributed by atoms with Crippen LogP contribution in [0.5, 0.6) is 11.5 Å². The van der Waals surface area contributed by atoms with Crippen molar-refractivity contribution in [3.05, 3.63) is 56.0 Å². The number of nitrogens with one attached hydrogen (secondary N) is 1. The van der Waals surface area contributed by atoms with Gasteiger partial charge in [0.25, 0.3) is 0 Å². The molecule has 0 fully saturated rings. The van der Waals surface area contributed by atoms with Gasteiger partial charge >= 0.3 is 0 Å². The van der Waals surface area contributed by atoms with Crippen LogP contribution >= 0.6 is 51.5 Å². The molecule has 0 heterocycles. The third-order valence-corrected chi connectivity index (χ3v) is 4.50. The molecule has 0 aliphatic rings. The number of ether oxygens (including phenoxy) is 2. The minimum atomic E-state index is 0. The first-order valence-corrected chi connectivity index (χ1v) is 8.76. The molecule has 2 aromatic rings. The summed E-state index contributed by atoms with van der Waals surface area (Å²) in [7, 11) is 1.90. The monoisotopic (exact) mass is 453 g/mol. The van der Waals surface area contributed by atoms with E-state index >= 15 is 0 Å². The van der Waals surface area contributed by atoms with Crippen LogP contribution in [0.1, 0.15) is 18.1 Å². The van der Waals surface area contributed by atoms with Gasteiger partial charge in [0.1, 0.15) is 6.61 Å². The highest BCUT2D eigenvalue weighted by molar-refractivity contribution is 9.10. The second kappa shape index (κ2) is 10.4. The Morgan fingerprint density at radius 2 is 1.75 bits per heavy atom. The van der Waals surface area contributed by atoms with Gasteiger partial charge in [-0.25, -0.2) is 0 Å². The van der Waals surface area contributed by atoms with E-state index in [1.165, 1.54) is 0 Å². The maximum absolute atomic E-state index is 6.18. The molecule has 0 spiro atoms. The Morgan fingerprint density at radius 3 is 2.38 bits per heavy atom. The lowest BCUT2D eigenvalue weighted by molar-refractivity contribution is 0.269. The molecule has 0 radical (unpaired) electrons. The highest BCUT2D eigenvalue weighted by atomic mass is 79.9. The largest absolute Gasteiger partial charge is 0.490 e. The van der Waals surface area contributed by atoms with Crippen molar-refractivity contribution in [1.29, 1.82) is 0 Å². The fraction of sp³-hybridized carbons (Fsp3) is 0.294. The van der Waals surface area contributed by atoms with E-state index < -0.39 is 0 Å². The zero-order valence-electron chi connectivity index (χ0n) is 13.4. The summed E-state index contributed by atoms with van der Waals surface area (Å²) in [6, 6.07) is 9.25. The fourth-order valence-corrected chi connectivity index (χ4v) is 3.00. The minimum absolute atomic E-state index is 0. The Morgan fingerprint density at radius 1 is 1.04 bits per heavy atom. The standard InChI is InChI=1S/C17H18BrCl2NO2.ClH/c1-3-22-16-6-12(9-21-2)14(18)8-17(16)23-10-11-4-5-13(19)7-15(11)20;/h4-8,21H,3,9-10H2,1-2H3;1H. The Kier molecular flexibility index (Phi) is 9.24. The summed E-state index contributed by atoms with van der Waals surface area (Å²) in [5.74, 6) is 1.38. The molecule has 0 aromatic heterocycles. The summed E-state index contributed by atoms with van der Waals surface area (Å²) in [4.78, 5) is 0. The molecule has 3 nitrogen and oxygen atoms in total. The lowest BCUT2D eigenvalue weighted by atomic mass is 10.2. The van der Waals surface area contributed by atoms with Crippen LogP contribution in [0.2, 0.25) is 10.0 Å². The molecule has 0 atom stereocenters. The van der Waals surface area contributed by atoms with Gasteiger partial charge in [0.05, 0.1) is 6.61 Å². The summed E-state index contributed by atoms with van der Waals surface area (Å²) in [6.45, 7) is 3.59. The maximum atomic E-state index is 6.18. The summed E-state index contributed by atoms with van der Waals surface area (Å²) in [5.41, 5.74) is 1.97. The summed E-state index contributed by atoms with van der Waals surface area (Å²) >= 11 is 15.7. The molecule has 0 aliphatic heterocycles. The van der Waals surface area contributed by atoms with Crippen molar-refractivity contribution in [3.63, 3.8) is 0 Å². The third-order valence-electron chi connectivity index (χ3n) is 3.18. The van der Waals surface area contributed by atoms with Crippen LogP contribution in [0.3, 0.4) is 0 Å². The van der Waals surface area contributed by atoms with E-state index in [2.05, 4.69) is 21.2 Å². The maximum Gasteiger partial charge on any atom is 0.162 e. The minimum Gasteiger partial charge on any atom is -0.490 e. The zero-order valence-corrected chi connectivity index (χ0v) is 17.3. The molecule has 0 bridgehead atoms. The van der Waals surface area contributed by atoms with Gasteiger partial charge in [-0.2, -0.15) is 0 Å². The normalized spacial score (nSPS) is 10.2.